The molecule has 7 atom stereocenters. The predicted molar refractivity (Wildman–Crippen MR) is 136 cm³/mol. The van der Waals surface area contributed by atoms with Crippen LogP contribution in [0, 0.1) is 17.3 Å². The maximum atomic E-state index is 13.4. The Bertz CT molecular complexity index is 985. The quantitative estimate of drug-likeness (QED) is 0.400. The van der Waals surface area contributed by atoms with Gasteiger partial charge in [0.15, 0.2) is 0 Å². The molecule has 0 saturated carbocycles. The summed E-state index contributed by atoms with van der Waals surface area (Å²) in [4.78, 5) is 30.6. The molecule has 1 aromatic heterocycles. The van der Waals surface area contributed by atoms with Crippen LogP contribution in [0.1, 0.15) is 91.7 Å². The normalized spacial score (nSPS) is 36.1. The van der Waals surface area contributed by atoms with Gasteiger partial charge >= 0.3 is 5.97 Å². The molecule has 0 spiro atoms. The van der Waals surface area contributed by atoms with Gasteiger partial charge in [0, 0.05) is 12.3 Å². The third-order valence-electron chi connectivity index (χ3n) is 8.26. The first-order valence-corrected chi connectivity index (χ1v) is 13.3. The number of cyclic esters (lactones) is 1. The molecule has 208 valence electrons. The van der Waals surface area contributed by atoms with Gasteiger partial charge < -0.3 is 29.2 Å². The van der Waals surface area contributed by atoms with E-state index in [1.807, 2.05) is 27.7 Å². The predicted octanol–water partition coefficient (Wildman–Crippen LogP) is 3.58. The molecule has 37 heavy (non-hydrogen) atoms. The number of Topliss-reactive ketones (excluding diaryl/α,β-unsaturated/α-hetero) is 1. The number of oxazole rings is 1. The average Bonchev–Trinajstić information content (AvgIpc) is 3.24. The van der Waals surface area contributed by atoms with Crippen molar-refractivity contribution in [1.29, 1.82) is 0 Å². The second kappa shape index (κ2) is 11.8. The molecule has 2 aliphatic rings. The topological polar surface area (TPSA) is 143 Å². The molecule has 3 heterocycles. The molecule has 9 heteroatoms. The lowest BCUT2D eigenvalue weighted by atomic mass is 9.71. The first kappa shape index (κ1) is 29.5. The fraction of sp³-hybridized carbons (Fsp3) is 0.750. The van der Waals surface area contributed by atoms with Crippen molar-refractivity contribution in [3.8, 4) is 0 Å². The van der Waals surface area contributed by atoms with E-state index in [9.17, 15) is 24.9 Å². The minimum atomic E-state index is -1.27. The summed E-state index contributed by atoms with van der Waals surface area (Å²) >= 11 is 0. The van der Waals surface area contributed by atoms with Gasteiger partial charge in [0.2, 0.25) is 5.89 Å². The summed E-state index contributed by atoms with van der Waals surface area (Å²) in [6, 6.07) is 0. The fourth-order valence-electron chi connectivity index (χ4n) is 5.31. The Balaban J connectivity index is 1.87. The molecule has 1 aromatic rings. The van der Waals surface area contributed by atoms with Crippen molar-refractivity contribution in [2.75, 3.05) is 0 Å². The van der Waals surface area contributed by atoms with Crippen LogP contribution in [0.2, 0.25) is 0 Å². The summed E-state index contributed by atoms with van der Waals surface area (Å²) in [6.07, 6.45) is 3.20. The van der Waals surface area contributed by atoms with Gasteiger partial charge in [-0.2, -0.15) is 0 Å². The minimum Gasteiger partial charge on any atom is -0.458 e. The number of nitrogens with zero attached hydrogens (tertiary/aromatic N) is 1. The number of hydrogen-bond donors (Lipinski definition) is 3. The number of esters is 1. The number of hydrogen-bond acceptors (Lipinski definition) is 9. The van der Waals surface area contributed by atoms with E-state index >= 15 is 0 Å². The summed E-state index contributed by atoms with van der Waals surface area (Å²) in [6.45, 7) is 10.6. The maximum Gasteiger partial charge on any atom is 0.309 e. The van der Waals surface area contributed by atoms with Gasteiger partial charge in [0.25, 0.3) is 0 Å². The number of aliphatic hydroxyl groups excluding tert-OH is 3. The molecule has 2 fully saturated rings. The van der Waals surface area contributed by atoms with Crippen molar-refractivity contribution < 1.29 is 38.8 Å². The second-order valence-electron chi connectivity index (χ2n) is 11.5. The van der Waals surface area contributed by atoms with Crippen molar-refractivity contribution in [2.45, 2.75) is 117 Å². The van der Waals surface area contributed by atoms with Crippen LogP contribution in [-0.4, -0.2) is 62.1 Å². The molecule has 0 aliphatic carbocycles. The van der Waals surface area contributed by atoms with Gasteiger partial charge in [-0.25, -0.2) is 4.98 Å². The van der Waals surface area contributed by atoms with E-state index in [2.05, 4.69) is 4.98 Å². The Kier molecular flexibility index (Phi) is 9.37. The van der Waals surface area contributed by atoms with Crippen LogP contribution < -0.4 is 0 Å². The van der Waals surface area contributed by atoms with Crippen LogP contribution in [-0.2, 0) is 25.7 Å². The monoisotopic (exact) mass is 521 g/mol. The molecule has 0 bridgehead atoms. The van der Waals surface area contributed by atoms with E-state index in [1.54, 1.807) is 19.9 Å². The lowest BCUT2D eigenvalue weighted by Crippen LogP contribution is -2.46. The van der Waals surface area contributed by atoms with Crippen molar-refractivity contribution in [2.24, 2.45) is 17.3 Å². The number of carbonyl (C=O) groups is 2. The lowest BCUT2D eigenvalue weighted by molar-refractivity contribution is -0.154. The van der Waals surface area contributed by atoms with Crippen LogP contribution in [0.15, 0.2) is 16.3 Å². The molecule has 3 rings (SSSR count). The highest BCUT2D eigenvalue weighted by Gasteiger charge is 2.53. The van der Waals surface area contributed by atoms with E-state index < -0.39 is 35.6 Å². The van der Waals surface area contributed by atoms with E-state index in [4.69, 9.17) is 13.9 Å². The molecule has 0 unspecified atom stereocenters. The number of carbonyl (C=O) groups excluding carboxylic acids is 2. The van der Waals surface area contributed by atoms with Crippen molar-refractivity contribution >= 4 is 17.8 Å². The maximum absolute atomic E-state index is 13.4. The lowest BCUT2D eigenvalue weighted by Gasteiger charge is -2.35. The van der Waals surface area contributed by atoms with Crippen LogP contribution in [0.4, 0.5) is 0 Å². The first-order valence-electron chi connectivity index (χ1n) is 13.3. The van der Waals surface area contributed by atoms with Crippen LogP contribution in [0.5, 0.6) is 0 Å². The van der Waals surface area contributed by atoms with Gasteiger partial charge in [-0.3, -0.25) is 9.59 Å². The zero-order valence-corrected chi connectivity index (χ0v) is 22.9. The van der Waals surface area contributed by atoms with Crippen LogP contribution in [0.3, 0.4) is 0 Å². The molecule has 0 radical (unpaired) electrons. The summed E-state index contributed by atoms with van der Waals surface area (Å²) in [7, 11) is 0. The average molecular weight is 522 g/mol. The van der Waals surface area contributed by atoms with Crippen molar-refractivity contribution in [1.82, 2.24) is 4.98 Å². The largest absolute Gasteiger partial charge is 0.458 e. The smallest absolute Gasteiger partial charge is 0.309 e. The number of aromatic nitrogens is 1. The molecule has 3 N–H and O–H groups in total. The molecular formula is C28H43NO8. The van der Waals surface area contributed by atoms with Crippen molar-refractivity contribution in [3.05, 3.63) is 23.4 Å². The van der Waals surface area contributed by atoms with Gasteiger partial charge in [-0.15, -0.1) is 0 Å². The molecule has 9 nitrogen and oxygen atoms in total. The molecular weight excluding hydrogens is 478 g/mol. The Morgan fingerprint density at radius 1 is 1.24 bits per heavy atom. The highest BCUT2D eigenvalue weighted by molar-refractivity contribution is 5.88. The molecule has 0 amide bonds. The Hall–Kier alpha value is -2.07. The first-order chi connectivity index (χ1) is 17.3. The Morgan fingerprint density at radius 3 is 2.57 bits per heavy atom. The standard InChI is InChI=1S/C28H43NO8/c1-7-19-25(33)16(2)9-8-10-28(6)22(37-28)12-20(17(3)11-18-15-35-23(14-30)29-18)36-24(32)13-21(31)27(4,5)26(19)34/h11,15-16,19-22,25,30-31,33H,7-10,12-14H2,1-6H3/t16-,19+,20-,21-,22-,25-,28+/m0/s1. The fourth-order valence-corrected chi connectivity index (χ4v) is 5.31. The highest BCUT2D eigenvalue weighted by Crippen LogP contribution is 2.45. The summed E-state index contributed by atoms with van der Waals surface area (Å²) in [5.74, 6) is -1.42. The zero-order chi connectivity index (χ0) is 27.5. The number of ether oxygens (including phenoxy) is 2. The SMILES string of the molecule is CC[C@H]1C(=O)C(C)(C)[C@@H](O)CC(=O)O[C@H](C(C)=Cc2coc(CO)n2)C[C@@H]2O[C@]2(C)CCC[C@H](C)[C@@H]1O. The second-order valence-corrected chi connectivity index (χ2v) is 11.5. The van der Waals surface area contributed by atoms with Gasteiger partial charge in [-0.05, 0) is 50.7 Å². The Morgan fingerprint density at radius 2 is 1.95 bits per heavy atom. The molecule has 2 saturated heterocycles. The van der Waals surface area contributed by atoms with Crippen LogP contribution in [0.25, 0.3) is 6.08 Å². The van der Waals surface area contributed by atoms with E-state index in [0.29, 0.717) is 18.5 Å². The third-order valence-corrected chi connectivity index (χ3v) is 8.26. The van der Waals surface area contributed by atoms with E-state index in [1.165, 1.54) is 6.26 Å². The summed E-state index contributed by atoms with van der Waals surface area (Å²) in [5.41, 5.74) is -0.379. The van der Waals surface area contributed by atoms with Crippen LogP contribution >= 0.6 is 0 Å². The van der Waals surface area contributed by atoms with Gasteiger partial charge in [-0.1, -0.05) is 34.1 Å². The number of epoxide rings is 1. The van der Waals surface area contributed by atoms with E-state index in [-0.39, 0.29) is 42.3 Å². The van der Waals surface area contributed by atoms with E-state index in [0.717, 1.165) is 24.8 Å². The Labute approximate surface area is 219 Å². The number of aliphatic hydroxyl groups is 3. The van der Waals surface area contributed by atoms with Crippen molar-refractivity contribution in [3.63, 3.8) is 0 Å². The summed E-state index contributed by atoms with van der Waals surface area (Å²) in [5, 5.41) is 31.2. The molecule has 2 aliphatic heterocycles. The molecule has 0 aromatic carbocycles. The van der Waals surface area contributed by atoms with Gasteiger partial charge in [0.05, 0.1) is 35.7 Å². The number of fused-ring (bicyclic) bond motifs is 1. The highest BCUT2D eigenvalue weighted by atomic mass is 16.6. The minimum absolute atomic E-state index is 0.0929. The zero-order valence-electron chi connectivity index (χ0n) is 22.9. The third kappa shape index (κ3) is 6.88. The number of rotatable bonds is 4. The summed E-state index contributed by atoms with van der Waals surface area (Å²) < 4.78 is 17.1. The number of ketones is 1. The van der Waals surface area contributed by atoms with Gasteiger partial charge in [0.1, 0.15) is 30.5 Å².